The first-order valence-electron chi connectivity index (χ1n) is 9.66. The van der Waals surface area contributed by atoms with Crippen molar-refractivity contribution < 1.29 is 4.74 Å². The molecule has 7 heteroatoms. The largest absolute Gasteiger partial charge is 0.380 e. The Labute approximate surface area is 173 Å². The van der Waals surface area contributed by atoms with Crippen molar-refractivity contribution in [3.63, 3.8) is 0 Å². The second-order valence-corrected chi connectivity index (χ2v) is 8.62. The molecule has 2 saturated heterocycles. The van der Waals surface area contributed by atoms with E-state index in [9.17, 15) is 0 Å². The fourth-order valence-electron chi connectivity index (χ4n) is 4.05. The van der Waals surface area contributed by atoms with Gasteiger partial charge in [0.05, 0.1) is 30.0 Å². The van der Waals surface area contributed by atoms with Crippen LogP contribution in [0.1, 0.15) is 19.5 Å². The molecule has 1 spiro atoms. The third-order valence-corrected chi connectivity index (χ3v) is 5.99. The summed E-state index contributed by atoms with van der Waals surface area (Å²) in [6, 6.07) is 7.65. The van der Waals surface area contributed by atoms with E-state index in [0.29, 0.717) is 15.8 Å². The molecule has 0 bridgehead atoms. The van der Waals surface area contributed by atoms with Gasteiger partial charge in [-0.2, -0.15) is 0 Å². The summed E-state index contributed by atoms with van der Waals surface area (Å²) in [6.07, 6.45) is 3.94. The average molecular weight is 408 g/mol. The molecule has 2 fully saturated rings. The van der Waals surface area contributed by atoms with Crippen molar-refractivity contribution in [2.75, 3.05) is 26.3 Å². The SMILES string of the molecule is CC(C)=c1nc(-c2ccccc2Cl)c2c(nc1=N)C=C(N1CC3(COC3)C1)NC=2. The summed E-state index contributed by atoms with van der Waals surface area (Å²) in [5.74, 6) is 0.997. The predicted molar refractivity (Wildman–Crippen MR) is 113 cm³/mol. The number of fused-ring (bicyclic) bond motifs is 1. The van der Waals surface area contributed by atoms with Crippen LogP contribution in [0.3, 0.4) is 0 Å². The Balaban J connectivity index is 1.69. The Bertz CT molecular complexity index is 1220. The summed E-state index contributed by atoms with van der Waals surface area (Å²) in [5.41, 5.74) is 3.71. The number of benzene rings is 1. The fourth-order valence-corrected chi connectivity index (χ4v) is 4.27. The molecular weight excluding hydrogens is 386 g/mol. The molecule has 0 atom stereocenters. The minimum Gasteiger partial charge on any atom is -0.380 e. The quantitative estimate of drug-likeness (QED) is 0.788. The number of hydrogen-bond donors (Lipinski definition) is 2. The number of ether oxygens (including phenoxy) is 1. The van der Waals surface area contributed by atoms with E-state index < -0.39 is 0 Å². The summed E-state index contributed by atoms with van der Waals surface area (Å²) < 4.78 is 5.38. The maximum absolute atomic E-state index is 8.49. The Morgan fingerprint density at radius 1 is 1.21 bits per heavy atom. The maximum Gasteiger partial charge on any atom is 0.171 e. The number of aromatic nitrogens is 2. The molecule has 2 aromatic rings. The van der Waals surface area contributed by atoms with Crippen LogP contribution in [0.4, 0.5) is 0 Å². The highest BCUT2D eigenvalue weighted by atomic mass is 35.5. The van der Waals surface area contributed by atoms with Crippen molar-refractivity contribution >= 4 is 29.5 Å². The molecule has 4 heterocycles. The molecule has 148 valence electrons. The van der Waals surface area contributed by atoms with E-state index in [0.717, 1.165) is 59.9 Å². The van der Waals surface area contributed by atoms with E-state index in [-0.39, 0.29) is 5.49 Å². The molecule has 3 aliphatic heterocycles. The molecule has 1 aromatic heterocycles. The highest BCUT2D eigenvalue weighted by Gasteiger charge is 2.49. The number of rotatable bonds is 2. The molecule has 0 saturated carbocycles. The van der Waals surface area contributed by atoms with Gasteiger partial charge in [0.1, 0.15) is 11.2 Å². The summed E-state index contributed by atoms with van der Waals surface area (Å²) in [5, 5.41) is 13.9. The fraction of sp³-hybridized carbons (Fsp3) is 0.318. The lowest BCUT2D eigenvalue weighted by Crippen LogP contribution is -2.66. The highest BCUT2D eigenvalue weighted by molar-refractivity contribution is 6.33. The van der Waals surface area contributed by atoms with Crippen LogP contribution >= 0.6 is 11.6 Å². The third kappa shape index (κ3) is 3.03. The average Bonchev–Trinajstić information content (AvgIpc) is 2.75. The lowest BCUT2D eigenvalue weighted by Gasteiger charge is -2.56. The van der Waals surface area contributed by atoms with Gasteiger partial charge in [-0.15, -0.1) is 0 Å². The van der Waals surface area contributed by atoms with Crippen LogP contribution in [0, 0.1) is 10.8 Å². The number of nitrogens with zero attached hydrogens (tertiary/aromatic N) is 3. The molecule has 2 N–H and O–H groups in total. The minimum atomic E-state index is 0.165. The number of hydrogen-bond acceptors (Lipinski definition) is 6. The molecular formula is C22H22ClN5O. The van der Waals surface area contributed by atoms with Gasteiger partial charge in [0.2, 0.25) is 0 Å². The van der Waals surface area contributed by atoms with Gasteiger partial charge in [0.25, 0.3) is 0 Å². The van der Waals surface area contributed by atoms with Gasteiger partial charge >= 0.3 is 0 Å². The molecule has 1 aromatic carbocycles. The second kappa shape index (κ2) is 6.68. The molecule has 0 unspecified atom stereocenters. The predicted octanol–water partition coefficient (Wildman–Crippen LogP) is 1.44. The zero-order chi connectivity index (χ0) is 20.2. The molecule has 5 rings (SSSR count). The monoisotopic (exact) mass is 407 g/mol. The van der Waals surface area contributed by atoms with Crippen LogP contribution in [-0.4, -0.2) is 41.2 Å². The summed E-state index contributed by atoms with van der Waals surface area (Å²) >= 11 is 6.50. The van der Waals surface area contributed by atoms with Gasteiger partial charge < -0.3 is 15.0 Å². The Morgan fingerprint density at radius 3 is 2.62 bits per heavy atom. The number of halogens is 1. The summed E-state index contributed by atoms with van der Waals surface area (Å²) in [6.45, 7) is 7.53. The van der Waals surface area contributed by atoms with E-state index in [2.05, 4.69) is 15.2 Å². The Kier molecular flexibility index (Phi) is 4.22. The Hall–Kier alpha value is -2.70. The summed E-state index contributed by atoms with van der Waals surface area (Å²) in [4.78, 5) is 11.7. The van der Waals surface area contributed by atoms with Gasteiger partial charge in [-0.05, 0) is 25.5 Å². The van der Waals surface area contributed by atoms with Gasteiger partial charge in [-0.3, -0.25) is 5.41 Å². The van der Waals surface area contributed by atoms with Crippen LogP contribution in [0.5, 0.6) is 0 Å². The molecule has 0 radical (unpaired) electrons. The first-order chi connectivity index (χ1) is 14.0. The topological polar surface area (TPSA) is 74.1 Å². The van der Waals surface area contributed by atoms with Crippen LogP contribution in [-0.2, 0) is 4.74 Å². The minimum absolute atomic E-state index is 0.165. The van der Waals surface area contributed by atoms with Gasteiger partial charge in [0.15, 0.2) is 5.49 Å². The van der Waals surface area contributed by atoms with Crippen LogP contribution < -0.4 is 21.4 Å². The van der Waals surface area contributed by atoms with Gasteiger partial charge in [-0.25, -0.2) is 9.97 Å². The van der Waals surface area contributed by atoms with E-state index in [1.165, 1.54) is 0 Å². The van der Waals surface area contributed by atoms with Crippen LogP contribution in [0.2, 0.25) is 5.02 Å². The van der Waals surface area contributed by atoms with Crippen molar-refractivity contribution in [2.24, 2.45) is 5.41 Å². The lowest BCUT2D eigenvalue weighted by atomic mass is 9.78. The van der Waals surface area contributed by atoms with Crippen LogP contribution in [0.25, 0.3) is 29.1 Å². The van der Waals surface area contributed by atoms with Crippen molar-refractivity contribution in [3.05, 3.63) is 56.9 Å². The van der Waals surface area contributed by atoms with E-state index >= 15 is 0 Å². The molecule has 6 nitrogen and oxygen atoms in total. The zero-order valence-electron chi connectivity index (χ0n) is 16.4. The second-order valence-electron chi connectivity index (χ2n) is 8.22. The van der Waals surface area contributed by atoms with Crippen molar-refractivity contribution in [3.8, 4) is 11.3 Å². The van der Waals surface area contributed by atoms with Crippen molar-refractivity contribution in [2.45, 2.75) is 13.8 Å². The van der Waals surface area contributed by atoms with Gasteiger partial charge in [-0.1, -0.05) is 29.8 Å². The maximum atomic E-state index is 8.49. The molecule has 29 heavy (non-hydrogen) atoms. The zero-order valence-corrected chi connectivity index (χ0v) is 17.2. The summed E-state index contributed by atoms with van der Waals surface area (Å²) in [7, 11) is 0. The van der Waals surface area contributed by atoms with Crippen LogP contribution in [0.15, 0.2) is 30.1 Å². The van der Waals surface area contributed by atoms with Crippen molar-refractivity contribution in [1.82, 2.24) is 20.2 Å². The highest BCUT2D eigenvalue weighted by Crippen LogP contribution is 2.39. The third-order valence-electron chi connectivity index (χ3n) is 5.66. The lowest BCUT2D eigenvalue weighted by molar-refractivity contribution is -0.180. The van der Waals surface area contributed by atoms with Crippen molar-refractivity contribution in [1.29, 1.82) is 5.41 Å². The number of likely N-dealkylation sites (tertiary alicyclic amines) is 1. The smallest absolute Gasteiger partial charge is 0.171 e. The first kappa shape index (κ1) is 18.3. The van der Waals surface area contributed by atoms with Gasteiger partial charge in [0, 0.05) is 41.2 Å². The standard InChI is InChI=1S/C22H22ClN5O/c1-13(2)19-21(24)26-17-7-18(28-9-22(10-28)11-29-12-22)25-8-15(17)20(27-19)14-5-3-4-6-16(14)23/h3-8,24-25H,9-12H2,1-2H3. The van der Waals surface area contributed by atoms with E-state index in [4.69, 9.17) is 26.7 Å². The first-order valence-corrected chi connectivity index (χ1v) is 10.0. The van der Waals surface area contributed by atoms with E-state index in [1.807, 2.05) is 50.4 Å². The molecule has 0 amide bonds. The van der Waals surface area contributed by atoms with E-state index in [1.54, 1.807) is 0 Å². The normalized spacial score (nSPS) is 18.6. The molecule has 3 aliphatic rings. The molecule has 0 aliphatic carbocycles. The Morgan fingerprint density at radius 2 is 1.97 bits per heavy atom. The number of nitrogens with one attached hydrogen (secondary N) is 2.